The fourth-order valence-electron chi connectivity index (χ4n) is 3.46. The van der Waals surface area contributed by atoms with Crippen LogP contribution in [0.1, 0.15) is 6.92 Å². The van der Waals surface area contributed by atoms with Gasteiger partial charge in [-0.05, 0) is 24.3 Å². The molecule has 0 unspecified atom stereocenters. The zero-order chi connectivity index (χ0) is 21.6. The molecular weight excluding hydrogens is 412 g/mol. The second-order valence-electron chi connectivity index (χ2n) is 7.39. The Morgan fingerprint density at radius 1 is 1.10 bits per heavy atom. The fraction of sp³-hybridized carbons (Fsp3) is 0.632. The van der Waals surface area contributed by atoms with Gasteiger partial charge in [0.2, 0.25) is 5.91 Å². The van der Waals surface area contributed by atoms with Crippen LogP contribution in [0.15, 0.2) is 24.3 Å². The van der Waals surface area contributed by atoms with Gasteiger partial charge in [0.05, 0.1) is 13.2 Å². The number of hydrogen-bond acceptors (Lipinski definition) is 7. The van der Waals surface area contributed by atoms with E-state index in [-0.39, 0.29) is 12.5 Å². The summed E-state index contributed by atoms with van der Waals surface area (Å²) in [6.07, 6.45) is -0.692. The van der Waals surface area contributed by atoms with Crippen LogP contribution in [0.3, 0.4) is 0 Å². The highest BCUT2D eigenvalue weighted by molar-refractivity contribution is 7.86. The van der Waals surface area contributed by atoms with Gasteiger partial charge in [-0.2, -0.15) is 17.0 Å². The minimum Gasteiger partial charge on any atom is -0.491 e. The summed E-state index contributed by atoms with van der Waals surface area (Å²) in [5.74, 6) is 0.460. The van der Waals surface area contributed by atoms with Crippen LogP contribution in [0.2, 0.25) is 0 Å². The Kier molecular flexibility index (Phi) is 8.03. The molecule has 11 heteroatoms. The molecule has 2 saturated heterocycles. The first-order valence-corrected chi connectivity index (χ1v) is 11.5. The maximum atomic E-state index is 12.7. The molecule has 168 valence electrons. The van der Waals surface area contributed by atoms with Crippen LogP contribution in [-0.4, -0.2) is 105 Å². The van der Waals surface area contributed by atoms with Gasteiger partial charge in [-0.1, -0.05) is 0 Å². The number of β-amino-alcohol motifs (C(OH)–C–C–N with tert-alkyl or cyclic N) is 1. The van der Waals surface area contributed by atoms with Gasteiger partial charge in [-0.25, -0.2) is 0 Å². The molecule has 0 bridgehead atoms. The molecule has 0 aliphatic carbocycles. The average molecular weight is 443 g/mol. The third kappa shape index (κ3) is 6.37. The highest BCUT2D eigenvalue weighted by Crippen LogP contribution is 2.17. The number of carbonyl (C=O) groups excluding carboxylic acids is 1. The summed E-state index contributed by atoms with van der Waals surface area (Å²) in [4.78, 5) is 13.1. The van der Waals surface area contributed by atoms with Crippen molar-refractivity contribution in [3.8, 4) is 5.75 Å². The number of rotatable bonds is 8. The number of anilines is 1. The van der Waals surface area contributed by atoms with Crippen molar-refractivity contribution in [3.63, 3.8) is 0 Å². The van der Waals surface area contributed by atoms with Crippen LogP contribution >= 0.6 is 0 Å². The Morgan fingerprint density at radius 3 is 2.30 bits per heavy atom. The minimum absolute atomic E-state index is 0.131. The van der Waals surface area contributed by atoms with Crippen LogP contribution in [0.25, 0.3) is 0 Å². The van der Waals surface area contributed by atoms with Gasteiger partial charge in [-0.15, -0.1) is 0 Å². The van der Waals surface area contributed by atoms with Crippen molar-refractivity contribution in [2.45, 2.75) is 13.0 Å². The van der Waals surface area contributed by atoms with Gasteiger partial charge in [0.15, 0.2) is 0 Å². The lowest BCUT2D eigenvalue weighted by molar-refractivity contribution is -0.114. The molecule has 0 aromatic heterocycles. The van der Waals surface area contributed by atoms with E-state index < -0.39 is 16.3 Å². The molecule has 2 N–H and O–H groups in total. The van der Waals surface area contributed by atoms with Crippen LogP contribution in [0, 0.1) is 0 Å². The Labute approximate surface area is 177 Å². The van der Waals surface area contributed by atoms with Gasteiger partial charge >= 0.3 is 0 Å². The maximum absolute atomic E-state index is 12.7. The van der Waals surface area contributed by atoms with E-state index in [1.165, 1.54) is 15.5 Å². The predicted octanol–water partition coefficient (Wildman–Crippen LogP) is -0.421. The monoisotopic (exact) mass is 442 g/mol. The molecule has 30 heavy (non-hydrogen) atoms. The molecule has 2 aliphatic heterocycles. The molecule has 10 nitrogen and oxygen atoms in total. The molecular formula is C19H30N4O6S. The van der Waals surface area contributed by atoms with Crippen LogP contribution in [0.5, 0.6) is 5.75 Å². The van der Waals surface area contributed by atoms with Gasteiger partial charge < -0.3 is 19.9 Å². The molecule has 1 aromatic carbocycles. The first kappa shape index (κ1) is 22.9. The number of ether oxygens (including phenoxy) is 2. The highest BCUT2D eigenvalue weighted by atomic mass is 32.2. The number of piperazine rings is 1. The van der Waals surface area contributed by atoms with E-state index in [0.29, 0.717) is 70.5 Å². The number of aliphatic hydroxyl groups is 1. The summed E-state index contributed by atoms with van der Waals surface area (Å²) in [7, 11) is -3.45. The van der Waals surface area contributed by atoms with E-state index >= 15 is 0 Å². The highest BCUT2D eigenvalue weighted by Gasteiger charge is 2.33. The smallest absolute Gasteiger partial charge is 0.282 e. The molecule has 1 atom stereocenters. The van der Waals surface area contributed by atoms with Crippen molar-refractivity contribution in [1.29, 1.82) is 0 Å². The van der Waals surface area contributed by atoms with E-state index in [1.807, 2.05) is 4.90 Å². The molecule has 2 heterocycles. The number of hydrogen-bond donors (Lipinski definition) is 2. The van der Waals surface area contributed by atoms with Crippen molar-refractivity contribution in [3.05, 3.63) is 24.3 Å². The molecule has 3 rings (SSSR count). The van der Waals surface area contributed by atoms with Crippen molar-refractivity contribution in [2.75, 3.05) is 71.0 Å². The normalized spacial score (nSPS) is 20.6. The molecule has 2 aliphatic rings. The van der Waals surface area contributed by atoms with Crippen molar-refractivity contribution >= 4 is 21.8 Å². The summed E-state index contributed by atoms with van der Waals surface area (Å²) in [5, 5.41) is 13.0. The van der Waals surface area contributed by atoms with E-state index in [0.717, 1.165) is 0 Å². The summed E-state index contributed by atoms with van der Waals surface area (Å²) in [6.45, 7) is 5.56. The number of nitrogens with one attached hydrogen (secondary N) is 1. The second-order valence-corrected chi connectivity index (χ2v) is 9.32. The van der Waals surface area contributed by atoms with Crippen molar-refractivity contribution < 1.29 is 27.8 Å². The third-order valence-electron chi connectivity index (χ3n) is 5.04. The molecule has 0 radical (unpaired) electrons. The number of benzene rings is 1. The lowest BCUT2D eigenvalue weighted by Gasteiger charge is -2.38. The summed E-state index contributed by atoms with van der Waals surface area (Å²) < 4.78 is 39.2. The first-order valence-electron chi connectivity index (χ1n) is 10.1. The lowest BCUT2D eigenvalue weighted by atomic mass is 10.3. The first-order chi connectivity index (χ1) is 14.3. The van der Waals surface area contributed by atoms with Gasteiger partial charge in [0, 0.05) is 58.4 Å². The zero-order valence-electron chi connectivity index (χ0n) is 17.2. The number of nitrogens with zero attached hydrogens (tertiary/aromatic N) is 3. The van der Waals surface area contributed by atoms with Crippen LogP contribution < -0.4 is 10.1 Å². The molecule has 0 saturated carbocycles. The summed E-state index contributed by atoms with van der Waals surface area (Å²) in [6, 6.07) is 6.93. The Bertz CT molecular complexity index is 790. The standard InChI is InChI=1S/C19H30N4O6S/c1-16(24)20-17-2-4-19(5-3-17)29-15-18(25)14-21-6-8-22(9-7-21)30(26,27)23-10-12-28-13-11-23/h2-5,18,25H,6-15H2,1H3,(H,20,24)/t18-/m1/s1. The summed E-state index contributed by atoms with van der Waals surface area (Å²) >= 11 is 0. The van der Waals surface area contributed by atoms with E-state index in [9.17, 15) is 18.3 Å². The van der Waals surface area contributed by atoms with Gasteiger partial charge in [0.1, 0.15) is 18.5 Å². The average Bonchev–Trinajstić information content (AvgIpc) is 2.74. The molecule has 1 aromatic rings. The van der Waals surface area contributed by atoms with Crippen LogP contribution in [-0.2, 0) is 19.7 Å². The quantitative estimate of drug-likeness (QED) is 0.562. The molecule has 2 fully saturated rings. The summed E-state index contributed by atoms with van der Waals surface area (Å²) in [5.41, 5.74) is 0.681. The van der Waals surface area contributed by atoms with Crippen LogP contribution in [0.4, 0.5) is 5.69 Å². The lowest BCUT2D eigenvalue weighted by Crippen LogP contribution is -2.55. The Morgan fingerprint density at radius 2 is 1.70 bits per heavy atom. The van der Waals surface area contributed by atoms with Gasteiger partial charge in [0.25, 0.3) is 10.2 Å². The molecule has 1 amide bonds. The number of amides is 1. The Balaban J connectivity index is 1.39. The van der Waals surface area contributed by atoms with Gasteiger partial charge in [-0.3, -0.25) is 9.69 Å². The number of carbonyl (C=O) groups is 1. The van der Waals surface area contributed by atoms with E-state index in [1.54, 1.807) is 24.3 Å². The SMILES string of the molecule is CC(=O)Nc1ccc(OC[C@H](O)CN2CCN(S(=O)(=O)N3CCOCC3)CC2)cc1. The third-order valence-corrected chi connectivity index (χ3v) is 7.08. The predicted molar refractivity (Wildman–Crippen MR) is 112 cm³/mol. The second kappa shape index (κ2) is 10.5. The Hall–Kier alpha value is -1.76. The van der Waals surface area contributed by atoms with E-state index in [4.69, 9.17) is 9.47 Å². The number of morpholine rings is 1. The zero-order valence-corrected chi connectivity index (χ0v) is 18.0. The largest absolute Gasteiger partial charge is 0.491 e. The minimum atomic E-state index is -3.45. The fourth-order valence-corrected chi connectivity index (χ4v) is 5.03. The van der Waals surface area contributed by atoms with E-state index in [2.05, 4.69) is 5.32 Å². The molecule has 0 spiro atoms. The topological polar surface area (TPSA) is 112 Å². The van der Waals surface area contributed by atoms with Crippen molar-refractivity contribution in [2.24, 2.45) is 0 Å². The maximum Gasteiger partial charge on any atom is 0.282 e. The van der Waals surface area contributed by atoms with Crippen molar-refractivity contribution in [1.82, 2.24) is 13.5 Å². The number of aliphatic hydroxyl groups excluding tert-OH is 1.